The summed E-state index contributed by atoms with van der Waals surface area (Å²) in [6, 6.07) is 0. The Balaban J connectivity index is 1.68. The van der Waals surface area contributed by atoms with Crippen LogP contribution in [-0.4, -0.2) is 51.7 Å². The Morgan fingerprint density at radius 1 is 1.13 bits per heavy atom. The molecule has 7 heteroatoms. The van der Waals surface area contributed by atoms with E-state index in [-0.39, 0.29) is 30.5 Å². The van der Waals surface area contributed by atoms with E-state index in [9.17, 15) is 24.6 Å². The van der Waals surface area contributed by atoms with Crippen LogP contribution < -0.4 is 0 Å². The van der Waals surface area contributed by atoms with Gasteiger partial charge in [0, 0.05) is 30.6 Å². The van der Waals surface area contributed by atoms with Gasteiger partial charge in [-0.2, -0.15) is 0 Å². The SMILES string of the molecule is CC(=O)OCC(=O)[C@@]1(O)CC[C@H]2[C@@H]3CC[C@@H]4CC(=O)CC[C@]4(C)[C@@]3(F)[C@@H](O)C[C@@]21C. The van der Waals surface area contributed by atoms with Crippen molar-refractivity contribution >= 4 is 17.5 Å². The fourth-order valence-electron chi connectivity index (χ4n) is 7.80. The van der Waals surface area contributed by atoms with E-state index >= 15 is 4.39 Å². The number of hydrogen-bond donors (Lipinski definition) is 2. The molecule has 0 saturated heterocycles. The van der Waals surface area contributed by atoms with Crippen molar-refractivity contribution in [3.63, 3.8) is 0 Å². The van der Waals surface area contributed by atoms with E-state index in [1.807, 2.05) is 6.92 Å². The van der Waals surface area contributed by atoms with Crippen molar-refractivity contribution in [2.45, 2.75) is 89.5 Å². The Morgan fingerprint density at radius 2 is 1.83 bits per heavy atom. The quantitative estimate of drug-likeness (QED) is 0.675. The Bertz CT molecular complexity index is 784. The minimum Gasteiger partial charge on any atom is -0.458 e. The van der Waals surface area contributed by atoms with E-state index in [0.29, 0.717) is 32.1 Å². The van der Waals surface area contributed by atoms with Crippen molar-refractivity contribution in [3.05, 3.63) is 0 Å². The van der Waals surface area contributed by atoms with Crippen LogP contribution in [0.5, 0.6) is 0 Å². The van der Waals surface area contributed by atoms with Gasteiger partial charge >= 0.3 is 5.97 Å². The van der Waals surface area contributed by atoms with Crippen molar-refractivity contribution in [2.75, 3.05) is 6.61 Å². The third-order valence-electron chi connectivity index (χ3n) is 9.58. The molecule has 0 aliphatic heterocycles. The van der Waals surface area contributed by atoms with Crippen LogP contribution in [0.3, 0.4) is 0 Å². The number of Topliss-reactive ketones (excluding diaryl/α,β-unsaturated/α-hetero) is 2. The highest BCUT2D eigenvalue weighted by Crippen LogP contribution is 2.70. The van der Waals surface area contributed by atoms with Gasteiger partial charge < -0.3 is 14.9 Å². The topological polar surface area (TPSA) is 101 Å². The molecule has 4 aliphatic rings. The van der Waals surface area contributed by atoms with E-state index < -0.39 is 52.5 Å². The lowest BCUT2D eigenvalue weighted by atomic mass is 9.42. The Kier molecular flexibility index (Phi) is 4.98. The van der Waals surface area contributed by atoms with Crippen molar-refractivity contribution in [1.82, 2.24) is 0 Å². The molecule has 0 bridgehead atoms. The number of rotatable bonds is 3. The Labute approximate surface area is 176 Å². The number of alkyl halides is 1. The first-order valence-corrected chi connectivity index (χ1v) is 11.2. The third-order valence-corrected chi connectivity index (χ3v) is 9.58. The van der Waals surface area contributed by atoms with Gasteiger partial charge in [-0.25, -0.2) is 4.39 Å². The predicted octanol–water partition coefficient (Wildman–Crippen LogP) is 2.52. The molecule has 0 aromatic carbocycles. The number of carbonyl (C=O) groups is 3. The van der Waals surface area contributed by atoms with E-state index in [4.69, 9.17) is 4.74 Å². The maximum absolute atomic E-state index is 17.0. The fraction of sp³-hybridized carbons (Fsp3) is 0.870. The van der Waals surface area contributed by atoms with Gasteiger partial charge in [-0.15, -0.1) is 0 Å². The molecule has 30 heavy (non-hydrogen) atoms. The smallest absolute Gasteiger partial charge is 0.303 e. The van der Waals surface area contributed by atoms with Crippen molar-refractivity contribution in [1.29, 1.82) is 0 Å². The summed E-state index contributed by atoms with van der Waals surface area (Å²) in [7, 11) is 0. The van der Waals surface area contributed by atoms with Crippen molar-refractivity contribution in [2.24, 2.45) is 28.6 Å². The molecule has 168 valence electrons. The van der Waals surface area contributed by atoms with Crippen LogP contribution in [0, 0.1) is 28.6 Å². The van der Waals surface area contributed by atoms with Crippen molar-refractivity contribution in [3.8, 4) is 0 Å². The Morgan fingerprint density at radius 3 is 2.50 bits per heavy atom. The number of hydrogen-bond acceptors (Lipinski definition) is 6. The lowest BCUT2D eigenvalue weighted by Gasteiger charge is -2.65. The molecule has 4 fully saturated rings. The summed E-state index contributed by atoms with van der Waals surface area (Å²) >= 11 is 0. The first-order valence-electron chi connectivity index (χ1n) is 11.2. The number of fused-ring (bicyclic) bond motifs is 5. The van der Waals surface area contributed by atoms with Crippen LogP contribution in [0.2, 0.25) is 0 Å². The maximum Gasteiger partial charge on any atom is 0.303 e. The van der Waals surface area contributed by atoms with Gasteiger partial charge in [0.25, 0.3) is 0 Å². The van der Waals surface area contributed by atoms with Crippen molar-refractivity contribution < 1.29 is 33.7 Å². The first-order chi connectivity index (χ1) is 13.9. The predicted molar refractivity (Wildman–Crippen MR) is 105 cm³/mol. The molecule has 0 amide bonds. The molecular formula is C23H33FO6. The molecule has 8 atom stereocenters. The number of ether oxygens (including phenoxy) is 1. The van der Waals surface area contributed by atoms with Crippen LogP contribution in [0.25, 0.3) is 0 Å². The first kappa shape index (κ1) is 21.9. The lowest BCUT2D eigenvalue weighted by Crippen LogP contribution is -2.71. The van der Waals surface area contributed by atoms with Gasteiger partial charge in [0.05, 0.1) is 6.10 Å². The second kappa shape index (κ2) is 6.83. The normalized spacial score (nSPS) is 50.3. The van der Waals surface area contributed by atoms with Crippen LogP contribution >= 0.6 is 0 Å². The summed E-state index contributed by atoms with van der Waals surface area (Å²) in [5.41, 5.74) is -5.37. The molecule has 0 radical (unpaired) electrons. The van der Waals surface area contributed by atoms with Crippen LogP contribution in [0.4, 0.5) is 4.39 Å². The molecule has 0 unspecified atom stereocenters. The largest absolute Gasteiger partial charge is 0.458 e. The van der Waals surface area contributed by atoms with Crippen LogP contribution in [0.1, 0.15) is 72.1 Å². The van der Waals surface area contributed by atoms with E-state index in [1.165, 1.54) is 6.92 Å². The molecule has 4 rings (SSSR count). The summed E-state index contributed by atoms with van der Waals surface area (Å²) < 4.78 is 21.8. The van der Waals surface area contributed by atoms with Crippen LogP contribution in [-0.2, 0) is 19.1 Å². The van der Waals surface area contributed by atoms with E-state index in [2.05, 4.69) is 0 Å². The zero-order valence-corrected chi connectivity index (χ0v) is 18.1. The highest BCUT2D eigenvalue weighted by molar-refractivity contribution is 5.91. The lowest BCUT2D eigenvalue weighted by molar-refractivity contribution is -0.254. The number of esters is 1. The molecule has 4 aliphatic carbocycles. The van der Waals surface area contributed by atoms with Gasteiger partial charge in [-0.05, 0) is 56.3 Å². The molecule has 0 aromatic heterocycles. The van der Waals surface area contributed by atoms with E-state index in [0.717, 1.165) is 6.42 Å². The third kappa shape index (κ3) is 2.63. The zero-order valence-electron chi connectivity index (χ0n) is 18.1. The molecular weight excluding hydrogens is 391 g/mol. The molecule has 0 heterocycles. The van der Waals surface area contributed by atoms with Crippen LogP contribution in [0.15, 0.2) is 0 Å². The molecule has 0 spiro atoms. The van der Waals surface area contributed by atoms with Gasteiger partial charge in [0.15, 0.2) is 6.61 Å². The molecule has 4 saturated carbocycles. The number of aliphatic hydroxyl groups excluding tert-OH is 1. The second-order valence-corrected chi connectivity index (χ2v) is 10.7. The standard InChI is InChI=1S/C23H33FO6/c1-13(25)30-12-19(28)22(29)9-7-16-17-5-4-14-10-15(26)6-8-20(14,2)23(17,24)18(27)11-21(16,22)3/h14,16-18,27,29H,4-12H2,1-3H3/t14-,16+,17+,18+,20+,21+,22+,23+/m1/s1. The number of halogens is 1. The summed E-state index contributed by atoms with van der Waals surface area (Å²) in [5.74, 6) is -1.82. The average molecular weight is 425 g/mol. The highest BCUT2D eigenvalue weighted by atomic mass is 19.1. The summed E-state index contributed by atoms with van der Waals surface area (Å²) in [5, 5.41) is 22.6. The number of ketones is 2. The fourth-order valence-corrected chi connectivity index (χ4v) is 7.80. The summed E-state index contributed by atoms with van der Waals surface area (Å²) in [4.78, 5) is 36.0. The molecule has 2 N–H and O–H groups in total. The second-order valence-electron chi connectivity index (χ2n) is 10.7. The van der Waals surface area contributed by atoms with Gasteiger partial charge in [-0.3, -0.25) is 14.4 Å². The minimum atomic E-state index is -1.84. The zero-order chi connectivity index (χ0) is 22.1. The minimum absolute atomic E-state index is 0.0246. The van der Waals surface area contributed by atoms with Gasteiger partial charge in [0.1, 0.15) is 17.1 Å². The Hall–Kier alpha value is -1.34. The molecule has 0 aromatic rings. The van der Waals surface area contributed by atoms with Gasteiger partial charge in [0.2, 0.25) is 5.78 Å². The maximum atomic E-state index is 17.0. The summed E-state index contributed by atoms with van der Waals surface area (Å²) in [6.45, 7) is 4.34. The molecule has 6 nitrogen and oxygen atoms in total. The summed E-state index contributed by atoms with van der Waals surface area (Å²) in [6.07, 6.45) is 1.71. The van der Waals surface area contributed by atoms with Gasteiger partial charge in [-0.1, -0.05) is 13.8 Å². The highest BCUT2D eigenvalue weighted by Gasteiger charge is 2.75. The average Bonchev–Trinajstić information content (AvgIpc) is 2.94. The monoisotopic (exact) mass is 424 g/mol. The van der Waals surface area contributed by atoms with E-state index in [1.54, 1.807) is 6.92 Å². The number of aliphatic hydroxyl groups is 2. The number of carbonyl (C=O) groups excluding carboxylic acids is 3.